The van der Waals surface area contributed by atoms with Gasteiger partial charge in [-0.05, 0) is 48.9 Å². The zero-order chi connectivity index (χ0) is 21.5. The highest BCUT2D eigenvalue weighted by Crippen LogP contribution is 2.24. The summed E-state index contributed by atoms with van der Waals surface area (Å²) in [6, 6.07) is 19.6. The summed E-state index contributed by atoms with van der Waals surface area (Å²) in [4.78, 5) is 25.1. The fourth-order valence-corrected chi connectivity index (χ4v) is 2.96. The highest BCUT2D eigenvalue weighted by molar-refractivity contribution is 6.05. The van der Waals surface area contributed by atoms with Gasteiger partial charge in [-0.15, -0.1) is 0 Å². The van der Waals surface area contributed by atoms with Gasteiger partial charge in [-0.3, -0.25) is 9.59 Å². The number of ether oxygens (including phenoxy) is 2. The number of methoxy groups -OCH3 is 2. The molecular formula is C24H24N2O4. The largest absolute Gasteiger partial charge is 0.497 e. The first-order valence-corrected chi connectivity index (χ1v) is 9.48. The third-order valence-electron chi connectivity index (χ3n) is 4.72. The molecule has 0 saturated carbocycles. The maximum atomic E-state index is 12.7. The molecule has 0 spiro atoms. The van der Waals surface area contributed by atoms with Crippen molar-refractivity contribution in [2.24, 2.45) is 0 Å². The third kappa shape index (κ3) is 4.97. The molecule has 0 aliphatic rings. The summed E-state index contributed by atoms with van der Waals surface area (Å²) in [6.45, 7) is 2.18. The molecule has 0 bridgehead atoms. The Morgan fingerprint density at radius 1 is 0.833 bits per heavy atom. The average molecular weight is 404 g/mol. The lowest BCUT2D eigenvalue weighted by molar-refractivity contribution is 0.0949. The van der Waals surface area contributed by atoms with E-state index < -0.39 is 0 Å². The number of anilines is 1. The van der Waals surface area contributed by atoms with Crippen LogP contribution in [0.1, 0.15) is 31.8 Å². The van der Waals surface area contributed by atoms with Crippen LogP contribution in [0.3, 0.4) is 0 Å². The molecule has 154 valence electrons. The fourth-order valence-electron chi connectivity index (χ4n) is 2.96. The Balaban J connectivity index is 1.71. The molecule has 2 N–H and O–H groups in total. The molecule has 30 heavy (non-hydrogen) atoms. The van der Waals surface area contributed by atoms with Crippen LogP contribution in [0.15, 0.2) is 66.7 Å². The van der Waals surface area contributed by atoms with Gasteiger partial charge in [-0.25, -0.2) is 0 Å². The van der Waals surface area contributed by atoms with E-state index in [9.17, 15) is 9.59 Å². The first-order chi connectivity index (χ1) is 14.5. The van der Waals surface area contributed by atoms with Crippen LogP contribution in [0.2, 0.25) is 0 Å². The average Bonchev–Trinajstić information content (AvgIpc) is 2.79. The van der Waals surface area contributed by atoms with Crippen molar-refractivity contribution in [3.05, 3.63) is 89.0 Å². The molecule has 0 fully saturated rings. The van der Waals surface area contributed by atoms with Crippen LogP contribution in [-0.2, 0) is 6.54 Å². The molecule has 0 radical (unpaired) electrons. The smallest absolute Gasteiger partial charge is 0.255 e. The van der Waals surface area contributed by atoms with E-state index in [0.29, 0.717) is 34.9 Å². The van der Waals surface area contributed by atoms with Crippen LogP contribution in [-0.4, -0.2) is 26.0 Å². The standard InChI is InChI=1S/C24H24N2O4/c1-16-9-10-18(13-21(16)26-24(28)17-7-5-4-6-8-17)23(27)25-15-19-11-12-20(29-2)14-22(19)30-3/h4-14H,15H2,1-3H3,(H,25,27)(H,26,28). The van der Waals surface area contributed by atoms with E-state index in [1.165, 1.54) is 0 Å². The minimum atomic E-state index is -0.247. The summed E-state index contributed by atoms with van der Waals surface area (Å²) in [6.07, 6.45) is 0. The van der Waals surface area contributed by atoms with Crippen molar-refractivity contribution < 1.29 is 19.1 Å². The molecule has 0 aromatic heterocycles. The lowest BCUT2D eigenvalue weighted by Crippen LogP contribution is -2.23. The van der Waals surface area contributed by atoms with Crippen LogP contribution < -0.4 is 20.1 Å². The number of hydrogen-bond donors (Lipinski definition) is 2. The molecule has 3 aromatic carbocycles. The van der Waals surface area contributed by atoms with E-state index in [2.05, 4.69) is 10.6 Å². The lowest BCUT2D eigenvalue weighted by Gasteiger charge is -2.13. The predicted octanol–water partition coefficient (Wildman–Crippen LogP) is 4.19. The van der Waals surface area contributed by atoms with Crippen LogP contribution in [0.5, 0.6) is 11.5 Å². The van der Waals surface area contributed by atoms with E-state index in [4.69, 9.17) is 9.47 Å². The van der Waals surface area contributed by atoms with Crippen molar-refractivity contribution in [1.29, 1.82) is 0 Å². The van der Waals surface area contributed by atoms with E-state index in [-0.39, 0.29) is 11.8 Å². The van der Waals surface area contributed by atoms with Crippen molar-refractivity contribution in [3.8, 4) is 11.5 Å². The molecule has 3 aromatic rings. The number of nitrogens with one attached hydrogen (secondary N) is 2. The molecule has 0 unspecified atom stereocenters. The molecule has 0 heterocycles. The topological polar surface area (TPSA) is 76.7 Å². The number of carbonyl (C=O) groups is 2. The van der Waals surface area contributed by atoms with Crippen molar-refractivity contribution in [1.82, 2.24) is 5.32 Å². The molecule has 3 rings (SSSR count). The van der Waals surface area contributed by atoms with Gasteiger partial charge in [0.1, 0.15) is 11.5 Å². The summed E-state index contributed by atoms with van der Waals surface area (Å²) in [5.74, 6) is 0.843. The Bertz CT molecular complexity index is 1050. The van der Waals surface area contributed by atoms with Crippen LogP contribution in [0, 0.1) is 6.92 Å². The third-order valence-corrected chi connectivity index (χ3v) is 4.72. The zero-order valence-electron chi connectivity index (χ0n) is 17.2. The number of rotatable bonds is 7. The Labute approximate surface area is 175 Å². The van der Waals surface area contributed by atoms with Gasteiger partial charge in [0, 0.05) is 35.0 Å². The van der Waals surface area contributed by atoms with E-state index in [1.54, 1.807) is 56.7 Å². The number of benzene rings is 3. The van der Waals surface area contributed by atoms with Gasteiger partial charge in [0.05, 0.1) is 14.2 Å². The zero-order valence-corrected chi connectivity index (χ0v) is 17.2. The first-order valence-electron chi connectivity index (χ1n) is 9.48. The maximum Gasteiger partial charge on any atom is 0.255 e. The highest BCUT2D eigenvalue weighted by atomic mass is 16.5. The molecule has 0 atom stereocenters. The second-order valence-electron chi connectivity index (χ2n) is 6.71. The second kappa shape index (κ2) is 9.60. The normalized spacial score (nSPS) is 10.2. The number of hydrogen-bond acceptors (Lipinski definition) is 4. The fraction of sp³-hybridized carbons (Fsp3) is 0.167. The van der Waals surface area contributed by atoms with Gasteiger partial charge >= 0.3 is 0 Å². The van der Waals surface area contributed by atoms with E-state index >= 15 is 0 Å². The number of carbonyl (C=O) groups excluding carboxylic acids is 2. The van der Waals surface area contributed by atoms with Crippen LogP contribution >= 0.6 is 0 Å². The van der Waals surface area contributed by atoms with Gasteiger partial charge in [-0.2, -0.15) is 0 Å². The number of amides is 2. The van der Waals surface area contributed by atoms with Gasteiger partial charge < -0.3 is 20.1 Å². The Morgan fingerprint density at radius 3 is 2.30 bits per heavy atom. The van der Waals surface area contributed by atoms with Crippen molar-refractivity contribution in [2.75, 3.05) is 19.5 Å². The monoisotopic (exact) mass is 404 g/mol. The molecule has 2 amide bonds. The molecule has 6 heteroatoms. The molecule has 0 aliphatic carbocycles. The summed E-state index contributed by atoms with van der Waals surface area (Å²) in [5, 5.41) is 5.76. The Morgan fingerprint density at radius 2 is 1.60 bits per heavy atom. The second-order valence-corrected chi connectivity index (χ2v) is 6.71. The summed E-state index contributed by atoms with van der Waals surface area (Å²) in [5.41, 5.74) is 3.30. The van der Waals surface area contributed by atoms with Gasteiger partial charge in [0.25, 0.3) is 11.8 Å². The molecular weight excluding hydrogens is 380 g/mol. The minimum absolute atomic E-state index is 0.223. The Kier molecular flexibility index (Phi) is 6.70. The Hall–Kier alpha value is -3.80. The van der Waals surface area contributed by atoms with Crippen molar-refractivity contribution in [2.45, 2.75) is 13.5 Å². The SMILES string of the molecule is COc1ccc(CNC(=O)c2ccc(C)c(NC(=O)c3ccccc3)c2)c(OC)c1. The first kappa shape index (κ1) is 20.9. The minimum Gasteiger partial charge on any atom is -0.497 e. The van der Waals surface area contributed by atoms with Crippen molar-refractivity contribution in [3.63, 3.8) is 0 Å². The predicted molar refractivity (Wildman–Crippen MR) is 116 cm³/mol. The van der Waals surface area contributed by atoms with Crippen LogP contribution in [0.25, 0.3) is 0 Å². The number of aryl methyl sites for hydroxylation is 1. The van der Waals surface area contributed by atoms with Gasteiger partial charge in [0.2, 0.25) is 0 Å². The maximum absolute atomic E-state index is 12.7. The van der Waals surface area contributed by atoms with Crippen LogP contribution in [0.4, 0.5) is 5.69 Å². The highest BCUT2D eigenvalue weighted by Gasteiger charge is 2.12. The lowest BCUT2D eigenvalue weighted by atomic mass is 10.1. The molecule has 0 saturated heterocycles. The van der Waals surface area contributed by atoms with E-state index in [1.807, 2.05) is 31.2 Å². The van der Waals surface area contributed by atoms with Gasteiger partial charge in [-0.1, -0.05) is 24.3 Å². The van der Waals surface area contributed by atoms with Gasteiger partial charge in [0.15, 0.2) is 0 Å². The summed E-state index contributed by atoms with van der Waals surface area (Å²) < 4.78 is 10.6. The quantitative estimate of drug-likeness (QED) is 0.619. The summed E-state index contributed by atoms with van der Waals surface area (Å²) in [7, 11) is 3.16. The molecule has 6 nitrogen and oxygen atoms in total. The van der Waals surface area contributed by atoms with Crippen molar-refractivity contribution >= 4 is 17.5 Å². The molecule has 0 aliphatic heterocycles. The van der Waals surface area contributed by atoms with E-state index in [0.717, 1.165) is 11.1 Å². The summed E-state index contributed by atoms with van der Waals surface area (Å²) >= 11 is 0.